The average Bonchev–Trinajstić information content (AvgIpc) is 2.11. The summed E-state index contributed by atoms with van der Waals surface area (Å²) < 4.78 is 88.7. The van der Waals surface area contributed by atoms with Crippen molar-refractivity contribution in [1.82, 2.24) is 0 Å². The molecule has 108 valence electrons. The highest BCUT2D eigenvalue weighted by molar-refractivity contribution is 7.91. The molecule has 0 unspecified atom stereocenters. The molecule has 0 heterocycles. The van der Waals surface area contributed by atoms with Crippen LogP contribution in [0.1, 0.15) is 0 Å². The van der Waals surface area contributed by atoms with Gasteiger partial charge in [-0.05, 0) is 12.1 Å². The fourth-order valence-electron chi connectivity index (χ4n) is 1.20. The summed E-state index contributed by atoms with van der Waals surface area (Å²) in [5.41, 5.74) is 4.72. The van der Waals surface area contributed by atoms with E-state index in [1.165, 1.54) is 0 Å². The average molecular weight is 305 g/mol. The van der Waals surface area contributed by atoms with E-state index in [-0.39, 0.29) is 5.69 Å². The highest BCUT2D eigenvalue weighted by atomic mass is 32.2. The van der Waals surface area contributed by atoms with Crippen LogP contribution < -0.4 is 5.73 Å². The summed E-state index contributed by atoms with van der Waals surface area (Å²) in [5, 5.41) is 0. The summed E-state index contributed by atoms with van der Waals surface area (Å²) >= 11 is 0. The van der Waals surface area contributed by atoms with E-state index in [1.807, 2.05) is 0 Å². The Hall–Kier alpha value is -1.42. The normalized spacial score (nSPS) is 12.7. The summed E-state index contributed by atoms with van der Waals surface area (Å²) in [7, 11) is -4.69. The number of nitrogens with two attached hydrogens (primary N) is 1. The van der Waals surface area contributed by atoms with Crippen molar-refractivity contribution in [3.05, 3.63) is 23.8 Å². The molecule has 0 bridgehead atoms. The third-order valence-electron chi connectivity index (χ3n) is 1.84. The maximum absolute atomic E-state index is 13.3. The van der Waals surface area contributed by atoms with Gasteiger partial charge >= 0.3 is 6.18 Å². The molecule has 1 rings (SSSR count). The van der Waals surface area contributed by atoms with Gasteiger partial charge < -0.3 is 10.5 Å². The van der Waals surface area contributed by atoms with E-state index in [9.17, 15) is 30.4 Å². The molecular weight excluding hydrogens is 297 g/mol. The number of hydrogen-bond donors (Lipinski definition) is 1. The minimum absolute atomic E-state index is 0.356. The number of hydrogen-bond acceptors (Lipinski definition) is 4. The van der Waals surface area contributed by atoms with Crippen molar-refractivity contribution in [2.45, 2.75) is 11.1 Å². The van der Waals surface area contributed by atoms with Crippen LogP contribution in [-0.2, 0) is 14.6 Å². The largest absolute Gasteiger partial charge is 0.411 e. The van der Waals surface area contributed by atoms with Crippen LogP contribution in [0, 0.1) is 11.6 Å². The number of sulfone groups is 1. The monoisotopic (exact) mass is 305 g/mol. The standard InChI is InChI=1S/C9H8F5NO3S/c10-6-1-5(15)2-7(11)8(6)19(16,17)4-18-3-9(12,13)14/h1-2H,3-4,15H2. The summed E-state index contributed by atoms with van der Waals surface area (Å²) in [6.07, 6.45) is -4.74. The highest BCUT2D eigenvalue weighted by Crippen LogP contribution is 2.23. The van der Waals surface area contributed by atoms with Gasteiger partial charge in [0.15, 0.2) is 5.94 Å². The van der Waals surface area contributed by atoms with E-state index in [0.717, 1.165) is 0 Å². The van der Waals surface area contributed by atoms with Gasteiger partial charge in [0, 0.05) is 5.69 Å². The molecule has 0 spiro atoms. The highest BCUT2D eigenvalue weighted by Gasteiger charge is 2.30. The quantitative estimate of drug-likeness (QED) is 0.681. The molecule has 1 aromatic carbocycles. The molecule has 0 aromatic heterocycles. The molecule has 0 fully saturated rings. The van der Waals surface area contributed by atoms with Crippen molar-refractivity contribution >= 4 is 15.5 Å². The first-order chi connectivity index (χ1) is 8.53. The van der Waals surface area contributed by atoms with Crippen LogP contribution in [0.5, 0.6) is 0 Å². The van der Waals surface area contributed by atoms with Crippen molar-refractivity contribution in [3.8, 4) is 0 Å². The van der Waals surface area contributed by atoms with Crippen LogP contribution in [0.15, 0.2) is 17.0 Å². The van der Waals surface area contributed by atoms with E-state index < -0.39 is 45.1 Å². The van der Waals surface area contributed by atoms with E-state index in [2.05, 4.69) is 4.74 Å². The lowest BCUT2D eigenvalue weighted by molar-refractivity contribution is -0.169. The van der Waals surface area contributed by atoms with Gasteiger partial charge in [-0.3, -0.25) is 0 Å². The molecule has 0 saturated heterocycles. The van der Waals surface area contributed by atoms with E-state index in [4.69, 9.17) is 5.73 Å². The molecule has 2 N–H and O–H groups in total. The van der Waals surface area contributed by atoms with E-state index in [0.29, 0.717) is 12.1 Å². The molecule has 0 saturated carbocycles. The number of nitrogen functional groups attached to an aromatic ring is 1. The first kappa shape index (κ1) is 15.6. The van der Waals surface area contributed by atoms with Gasteiger partial charge in [0.25, 0.3) is 0 Å². The Bertz CT molecular complexity index is 547. The maximum atomic E-state index is 13.3. The van der Waals surface area contributed by atoms with Gasteiger partial charge in [0.1, 0.15) is 23.1 Å². The van der Waals surface area contributed by atoms with Crippen LogP contribution >= 0.6 is 0 Å². The van der Waals surface area contributed by atoms with Crippen LogP contribution in [0.25, 0.3) is 0 Å². The lowest BCUT2D eigenvalue weighted by Crippen LogP contribution is -2.21. The molecule has 19 heavy (non-hydrogen) atoms. The summed E-state index contributed by atoms with van der Waals surface area (Å²) in [6, 6.07) is 1.08. The summed E-state index contributed by atoms with van der Waals surface area (Å²) in [5.74, 6) is -4.48. The molecule has 0 atom stereocenters. The molecule has 0 aliphatic carbocycles. The lowest BCUT2D eigenvalue weighted by Gasteiger charge is -2.10. The first-order valence-electron chi connectivity index (χ1n) is 4.65. The van der Waals surface area contributed by atoms with Crippen molar-refractivity contribution in [2.75, 3.05) is 18.3 Å². The smallest absolute Gasteiger partial charge is 0.399 e. The minimum Gasteiger partial charge on any atom is -0.399 e. The van der Waals surface area contributed by atoms with E-state index in [1.54, 1.807) is 0 Å². The lowest BCUT2D eigenvalue weighted by atomic mass is 10.3. The van der Waals surface area contributed by atoms with E-state index >= 15 is 0 Å². The molecule has 0 aliphatic rings. The topological polar surface area (TPSA) is 69.4 Å². The third kappa shape index (κ3) is 4.31. The van der Waals surface area contributed by atoms with Gasteiger partial charge in [0.05, 0.1) is 0 Å². The van der Waals surface area contributed by atoms with Crippen LogP contribution in [0.4, 0.5) is 27.6 Å². The van der Waals surface area contributed by atoms with Crippen LogP contribution in [-0.4, -0.2) is 27.1 Å². The van der Waals surface area contributed by atoms with Crippen LogP contribution in [0.2, 0.25) is 0 Å². The van der Waals surface area contributed by atoms with Gasteiger partial charge in [-0.1, -0.05) is 0 Å². The number of ether oxygens (including phenoxy) is 1. The maximum Gasteiger partial charge on any atom is 0.411 e. The molecule has 10 heteroatoms. The predicted octanol–water partition coefficient (Wildman–Crippen LogP) is 1.86. The Morgan fingerprint density at radius 3 is 2.05 bits per heavy atom. The van der Waals surface area contributed by atoms with Gasteiger partial charge in [-0.15, -0.1) is 0 Å². The summed E-state index contributed by atoms with van der Waals surface area (Å²) in [4.78, 5) is -1.37. The first-order valence-corrected chi connectivity index (χ1v) is 6.30. The van der Waals surface area contributed by atoms with Crippen molar-refractivity contribution < 1.29 is 35.1 Å². The van der Waals surface area contributed by atoms with Crippen molar-refractivity contribution in [1.29, 1.82) is 0 Å². The second-order valence-electron chi connectivity index (χ2n) is 3.51. The van der Waals surface area contributed by atoms with Crippen LogP contribution in [0.3, 0.4) is 0 Å². The summed E-state index contributed by atoms with van der Waals surface area (Å²) in [6.45, 7) is -1.84. The number of rotatable bonds is 4. The second kappa shape index (κ2) is 5.29. The zero-order valence-corrected chi connectivity index (χ0v) is 9.99. The molecule has 0 aliphatic heterocycles. The number of anilines is 1. The van der Waals surface area contributed by atoms with Crippen molar-refractivity contribution in [2.24, 2.45) is 0 Å². The Kier molecular flexibility index (Phi) is 4.35. The zero-order valence-electron chi connectivity index (χ0n) is 9.17. The molecule has 0 radical (unpaired) electrons. The molecule has 4 nitrogen and oxygen atoms in total. The van der Waals surface area contributed by atoms with Gasteiger partial charge in [-0.2, -0.15) is 13.2 Å². The Morgan fingerprint density at radius 2 is 1.63 bits per heavy atom. The molecule has 1 aromatic rings. The second-order valence-corrected chi connectivity index (χ2v) is 5.38. The number of halogens is 5. The minimum atomic E-state index is -4.74. The fraction of sp³-hybridized carbons (Fsp3) is 0.333. The fourth-order valence-corrected chi connectivity index (χ4v) is 2.34. The Balaban J connectivity index is 2.96. The number of benzene rings is 1. The Labute approximate surface area is 104 Å². The SMILES string of the molecule is Nc1cc(F)c(S(=O)(=O)COCC(F)(F)F)c(F)c1. The van der Waals surface area contributed by atoms with Gasteiger partial charge in [0.2, 0.25) is 9.84 Å². The number of alkyl halides is 3. The molecular formula is C9H8F5NO3S. The third-order valence-corrected chi connectivity index (χ3v) is 3.32. The molecule has 0 amide bonds. The predicted molar refractivity (Wildman–Crippen MR) is 54.8 cm³/mol. The van der Waals surface area contributed by atoms with Crippen molar-refractivity contribution in [3.63, 3.8) is 0 Å². The van der Waals surface area contributed by atoms with Gasteiger partial charge in [-0.25, -0.2) is 17.2 Å². The zero-order chi connectivity index (χ0) is 14.8. The Morgan fingerprint density at radius 1 is 1.16 bits per heavy atom.